The molecule has 44 valence electrons. The summed E-state index contributed by atoms with van der Waals surface area (Å²) in [4.78, 5) is 20.5. The Hall–Kier alpha value is -0.130. The van der Waals surface area contributed by atoms with Crippen LogP contribution >= 0.6 is 22.6 Å². The Bertz CT molecular complexity index is 142. The van der Waals surface area contributed by atoms with Gasteiger partial charge in [-0.1, -0.05) is 22.6 Å². The first-order valence-electron chi connectivity index (χ1n) is 2.09. The number of alkyl halides is 1. The second kappa shape index (κ2) is 2.00. The normalized spacial score (nSPS) is 28.4. The number of cyclic esters (lactones) is 2. The van der Waals surface area contributed by atoms with E-state index in [-0.39, 0.29) is 10.3 Å². The Morgan fingerprint density at radius 2 is 2.25 bits per heavy atom. The summed E-state index contributed by atoms with van der Waals surface area (Å²) in [6.07, 6.45) is 0.236. The molecule has 1 aliphatic rings. The van der Waals surface area contributed by atoms with Crippen LogP contribution in [0.2, 0.25) is 0 Å². The molecular weight excluding hydrogens is 223 g/mol. The minimum atomic E-state index is -0.408. The predicted molar refractivity (Wildman–Crippen MR) is 33.5 cm³/mol. The van der Waals surface area contributed by atoms with Crippen molar-refractivity contribution in [3.63, 3.8) is 0 Å². The summed E-state index contributed by atoms with van der Waals surface area (Å²) in [7, 11) is 0. The van der Waals surface area contributed by atoms with Gasteiger partial charge in [0.05, 0.1) is 6.42 Å². The third-order valence-electron chi connectivity index (χ3n) is 0.816. The van der Waals surface area contributed by atoms with Crippen LogP contribution in [0.15, 0.2) is 0 Å². The fourth-order valence-electron chi connectivity index (χ4n) is 0.447. The molecule has 0 amide bonds. The summed E-state index contributed by atoms with van der Waals surface area (Å²) in [6.45, 7) is 0. The minimum absolute atomic E-state index is 0.236. The first-order chi connectivity index (χ1) is 3.70. The fourth-order valence-corrected chi connectivity index (χ4v) is 0.934. The number of rotatable bonds is 0. The number of esters is 2. The zero-order valence-corrected chi connectivity index (χ0v) is 6.04. The topological polar surface area (TPSA) is 43.4 Å². The van der Waals surface area contributed by atoms with Crippen LogP contribution in [0.25, 0.3) is 0 Å². The number of carbonyl (C=O) groups excluding carboxylic acids is 2. The maximum atomic E-state index is 10.3. The van der Waals surface area contributed by atoms with Crippen LogP contribution in [0.5, 0.6) is 0 Å². The molecular formula is C4H3IO3. The summed E-state index contributed by atoms with van der Waals surface area (Å²) in [5.41, 5.74) is 0. The van der Waals surface area contributed by atoms with Crippen molar-refractivity contribution in [2.45, 2.75) is 10.3 Å². The van der Waals surface area contributed by atoms with E-state index in [4.69, 9.17) is 0 Å². The smallest absolute Gasteiger partial charge is 0.327 e. The van der Waals surface area contributed by atoms with Crippen LogP contribution in [0.4, 0.5) is 0 Å². The third kappa shape index (κ3) is 0.988. The van der Waals surface area contributed by atoms with Gasteiger partial charge in [-0.05, 0) is 0 Å². The van der Waals surface area contributed by atoms with Gasteiger partial charge in [-0.15, -0.1) is 0 Å². The highest BCUT2D eigenvalue weighted by Crippen LogP contribution is 2.15. The molecule has 0 aliphatic carbocycles. The van der Waals surface area contributed by atoms with Gasteiger partial charge in [0.1, 0.15) is 3.92 Å². The summed E-state index contributed by atoms with van der Waals surface area (Å²) >= 11 is 1.88. The second-order valence-corrected chi connectivity index (χ2v) is 2.97. The van der Waals surface area contributed by atoms with Crippen LogP contribution in [-0.4, -0.2) is 15.9 Å². The van der Waals surface area contributed by atoms with Gasteiger partial charge in [0.2, 0.25) is 0 Å². The molecule has 0 aromatic heterocycles. The Kier molecular flexibility index (Phi) is 1.50. The molecule has 3 nitrogen and oxygen atoms in total. The predicted octanol–water partition coefficient (Wildman–Crippen LogP) is 0.264. The molecule has 8 heavy (non-hydrogen) atoms. The van der Waals surface area contributed by atoms with Gasteiger partial charge < -0.3 is 4.74 Å². The lowest BCUT2D eigenvalue weighted by Gasteiger charge is -1.84. The lowest BCUT2D eigenvalue weighted by Crippen LogP contribution is -2.03. The van der Waals surface area contributed by atoms with Crippen molar-refractivity contribution in [3.05, 3.63) is 0 Å². The van der Waals surface area contributed by atoms with Gasteiger partial charge in [-0.3, -0.25) is 9.59 Å². The Labute approximate surface area is 59.5 Å². The number of hydrogen-bond donors (Lipinski definition) is 0. The van der Waals surface area contributed by atoms with Gasteiger partial charge in [0.25, 0.3) is 0 Å². The summed E-state index contributed by atoms with van der Waals surface area (Å²) < 4.78 is 3.94. The molecule has 1 heterocycles. The standard InChI is InChI=1S/C4H3IO3/c5-2-1-3(6)8-4(2)7/h2H,1H2. The first-order valence-corrected chi connectivity index (χ1v) is 3.33. The third-order valence-corrected chi connectivity index (χ3v) is 1.76. The highest BCUT2D eigenvalue weighted by Gasteiger charge is 2.30. The number of ether oxygens (including phenoxy) is 1. The Balaban J connectivity index is 2.64. The van der Waals surface area contributed by atoms with E-state index in [2.05, 4.69) is 4.74 Å². The lowest BCUT2D eigenvalue weighted by molar-refractivity contribution is -0.151. The van der Waals surface area contributed by atoms with Gasteiger partial charge in [0.15, 0.2) is 0 Å². The van der Waals surface area contributed by atoms with E-state index in [0.717, 1.165) is 0 Å². The molecule has 1 unspecified atom stereocenters. The molecule has 4 heteroatoms. The van der Waals surface area contributed by atoms with Crippen LogP contribution in [0.1, 0.15) is 6.42 Å². The summed E-state index contributed by atoms with van der Waals surface area (Å²) in [5, 5.41) is 0. The molecule has 0 aromatic rings. The number of hydrogen-bond acceptors (Lipinski definition) is 3. The fraction of sp³-hybridized carbons (Fsp3) is 0.500. The van der Waals surface area contributed by atoms with E-state index >= 15 is 0 Å². The van der Waals surface area contributed by atoms with Crippen molar-refractivity contribution < 1.29 is 14.3 Å². The van der Waals surface area contributed by atoms with Crippen molar-refractivity contribution in [2.75, 3.05) is 0 Å². The molecule has 1 saturated heterocycles. The molecule has 0 spiro atoms. The monoisotopic (exact) mass is 226 g/mol. The van der Waals surface area contributed by atoms with E-state index in [1.54, 1.807) is 0 Å². The van der Waals surface area contributed by atoms with Crippen molar-refractivity contribution >= 4 is 34.5 Å². The van der Waals surface area contributed by atoms with Crippen LogP contribution in [0.3, 0.4) is 0 Å². The molecule has 1 atom stereocenters. The Morgan fingerprint density at radius 3 is 2.38 bits per heavy atom. The van der Waals surface area contributed by atoms with Crippen LogP contribution in [-0.2, 0) is 14.3 Å². The van der Waals surface area contributed by atoms with Crippen molar-refractivity contribution in [3.8, 4) is 0 Å². The first kappa shape index (κ1) is 6.00. The molecule has 1 fully saturated rings. The molecule has 1 aliphatic heterocycles. The van der Waals surface area contributed by atoms with E-state index in [1.807, 2.05) is 22.6 Å². The van der Waals surface area contributed by atoms with Crippen molar-refractivity contribution in [1.29, 1.82) is 0 Å². The average molecular weight is 226 g/mol. The molecule has 0 N–H and O–H groups in total. The average Bonchev–Trinajstić information content (AvgIpc) is 1.85. The number of halogens is 1. The Morgan fingerprint density at radius 1 is 1.62 bits per heavy atom. The zero-order chi connectivity index (χ0) is 6.15. The van der Waals surface area contributed by atoms with Crippen molar-refractivity contribution in [1.82, 2.24) is 0 Å². The van der Waals surface area contributed by atoms with Gasteiger partial charge >= 0.3 is 11.9 Å². The molecule has 0 bridgehead atoms. The van der Waals surface area contributed by atoms with E-state index in [9.17, 15) is 9.59 Å². The van der Waals surface area contributed by atoms with E-state index in [0.29, 0.717) is 0 Å². The highest BCUT2D eigenvalue weighted by molar-refractivity contribution is 14.1. The molecule has 0 aromatic carbocycles. The van der Waals surface area contributed by atoms with Crippen LogP contribution < -0.4 is 0 Å². The molecule has 0 radical (unpaired) electrons. The lowest BCUT2D eigenvalue weighted by atomic mass is 10.4. The quantitative estimate of drug-likeness (QED) is 0.257. The summed E-state index contributed by atoms with van der Waals surface area (Å²) in [5.74, 6) is -0.815. The van der Waals surface area contributed by atoms with E-state index in [1.165, 1.54) is 0 Å². The SMILES string of the molecule is O=C1CC(I)C(=O)O1. The van der Waals surface area contributed by atoms with Crippen LogP contribution in [0, 0.1) is 0 Å². The van der Waals surface area contributed by atoms with Crippen molar-refractivity contribution in [2.24, 2.45) is 0 Å². The number of carbonyl (C=O) groups is 2. The zero-order valence-electron chi connectivity index (χ0n) is 3.89. The minimum Gasteiger partial charge on any atom is -0.392 e. The summed E-state index contributed by atoms with van der Waals surface area (Å²) in [6, 6.07) is 0. The molecule has 0 saturated carbocycles. The van der Waals surface area contributed by atoms with Gasteiger partial charge in [-0.2, -0.15) is 0 Å². The van der Waals surface area contributed by atoms with E-state index < -0.39 is 11.9 Å². The maximum Gasteiger partial charge on any atom is 0.327 e. The highest BCUT2D eigenvalue weighted by atomic mass is 127. The van der Waals surface area contributed by atoms with Gasteiger partial charge in [-0.25, -0.2) is 0 Å². The molecule has 1 rings (SSSR count). The van der Waals surface area contributed by atoms with Gasteiger partial charge in [0, 0.05) is 0 Å². The largest absolute Gasteiger partial charge is 0.392 e. The second-order valence-electron chi connectivity index (χ2n) is 1.46. The maximum absolute atomic E-state index is 10.3.